The van der Waals surface area contributed by atoms with E-state index in [1.807, 2.05) is 6.92 Å². The molecule has 17 heavy (non-hydrogen) atoms. The van der Waals surface area contributed by atoms with Gasteiger partial charge in [0.25, 0.3) is 0 Å². The van der Waals surface area contributed by atoms with Crippen LogP contribution in [0, 0.1) is 11.8 Å². The standard InChI is InChI=1S/C7H14O3.C5H12.CH4O/c1-5-2-6(3-8)10-4-7(5)9;1-4-5(2)3;1-2/h5-9H,2-4H2,1H3;5H,4H2,1-3H3;2H,1H3. The molecule has 1 fully saturated rings. The van der Waals surface area contributed by atoms with Crippen LogP contribution in [0.5, 0.6) is 0 Å². The minimum Gasteiger partial charge on any atom is -0.400 e. The summed E-state index contributed by atoms with van der Waals surface area (Å²) >= 11 is 0. The van der Waals surface area contributed by atoms with Gasteiger partial charge in [0.05, 0.1) is 25.4 Å². The smallest absolute Gasteiger partial charge is 0.0810 e. The monoisotopic (exact) mass is 250 g/mol. The number of ether oxygens (including phenoxy) is 1. The average Bonchev–Trinajstić information content (AvgIpc) is 2.36. The normalized spacial score (nSPS) is 27.7. The molecule has 4 nitrogen and oxygen atoms in total. The van der Waals surface area contributed by atoms with E-state index in [1.165, 1.54) is 6.42 Å². The Morgan fingerprint density at radius 3 is 2.06 bits per heavy atom. The third-order valence-corrected chi connectivity index (χ3v) is 2.81. The van der Waals surface area contributed by atoms with Crippen molar-refractivity contribution in [3.05, 3.63) is 0 Å². The van der Waals surface area contributed by atoms with E-state index in [-0.39, 0.29) is 24.7 Å². The summed E-state index contributed by atoms with van der Waals surface area (Å²) in [6, 6.07) is 0. The third-order valence-electron chi connectivity index (χ3n) is 2.81. The predicted molar refractivity (Wildman–Crippen MR) is 69.9 cm³/mol. The van der Waals surface area contributed by atoms with Gasteiger partial charge >= 0.3 is 0 Å². The van der Waals surface area contributed by atoms with Gasteiger partial charge in [0, 0.05) is 7.11 Å². The van der Waals surface area contributed by atoms with Crippen LogP contribution in [0.2, 0.25) is 0 Å². The lowest BCUT2D eigenvalue weighted by molar-refractivity contribution is -0.0984. The average molecular weight is 250 g/mol. The zero-order valence-corrected chi connectivity index (χ0v) is 11.9. The maximum Gasteiger partial charge on any atom is 0.0810 e. The van der Waals surface area contributed by atoms with E-state index in [0.717, 1.165) is 19.4 Å². The molecule has 1 aliphatic heterocycles. The van der Waals surface area contributed by atoms with Gasteiger partial charge in [-0.25, -0.2) is 0 Å². The molecule has 1 heterocycles. The van der Waals surface area contributed by atoms with Gasteiger partial charge in [-0.15, -0.1) is 0 Å². The molecule has 1 aliphatic rings. The van der Waals surface area contributed by atoms with Crippen LogP contribution in [-0.4, -0.2) is 47.9 Å². The highest BCUT2D eigenvalue weighted by molar-refractivity contribution is 4.74. The molecule has 3 N–H and O–H groups in total. The predicted octanol–water partition coefficient (Wildman–Crippen LogP) is 1.43. The number of rotatable bonds is 2. The summed E-state index contributed by atoms with van der Waals surface area (Å²) in [6.45, 7) is 9.05. The van der Waals surface area contributed by atoms with Gasteiger partial charge in [-0.3, -0.25) is 0 Å². The number of hydrogen-bond donors (Lipinski definition) is 3. The Kier molecular flexibility index (Phi) is 13.9. The SMILES string of the molecule is CC1CC(CO)OCC1O.CCC(C)C.CO. The van der Waals surface area contributed by atoms with Crippen molar-refractivity contribution >= 4 is 0 Å². The molecule has 1 saturated heterocycles. The van der Waals surface area contributed by atoms with E-state index in [9.17, 15) is 5.11 Å². The molecule has 0 aromatic rings. The fraction of sp³-hybridized carbons (Fsp3) is 1.00. The second kappa shape index (κ2) is 12.3. The van der Waals surface area contributed by atoms with Crippen LogP contribution >= 0.6 is 0 Å². The minimum absolute atomic E-state index is 0.0570. The molecule has 0 radical (unpaired) electrons. The van der Waals surface area contributed by atoms with Crippen LogP contribution in [-0.2, 0) is 4.74 Å². The van der Waals surface area contributed by atoms with Gasteiger partial charge in [-0.1, -0.05) is 34.1 Å². The summed E-state index contributed by atoms with van der Waals surface area (Å²) in [5, 5.41) is 24.9. The van der Waals surface area contributed by atoms with Crippen LogP contribution in [0.1, 0.15) is 40.5 Å². The second-order valence-electron chi connectivity index (χ2n) is 4.72. The van der Waals surface area contributed by atoms with Gasteiger partial charge in [0.2, 0.25) is 0 Å². The minimum atomic E-state index is -0.345. The maximum absolute atomic E-state index is 9.18. The number of aliphatic hydroxyl groups excluding tert-OH is 3. The Labute approximate surface area is 106 Å². The van der Waals surface area contributed by atoms with E-state index in [2.05, 4.69) is 20.8 Å². The lowest BCUT2D eigenvalue weighted by Gasteiger charge is -2.30. The Morgan fingerprint density at radius 2 is 1.76 bits per heavy atom. The molecular weight excluding hydrogens is 220 g/mol. The first-order valence-corrected chi connectivity index (χ1v) is 6.36. The van der Waals surface area contributed by atoms with Crippen LogP contribution in [0.25, 0.3) is 0 Å². The van der Waals surface area contributed by atoms with Crippen molar-refractivity contribution in [1.29, 1.82) is 0 Å². The Bertz CT molecular complexity index is 150. The van der Waals surface area contributed by atoms with E-state index >= 15 is 0 Å². The molecule has 0 saturated carbocycles. The highest BCUT2D eigenvalue weighted by Gasteiger charge is 2.25. The second-order valence-corrected chi connectivity index (χ2v) is 4.72. The fourth-order valence-corrected chi connectivity index (χ4v) is 1.17. The first-order valence-electron chi connectivity index (χ1n) is 6.36. The first-order chi connectivity index (χ1) is 8.01. The summed E-state index contributed by atoms with van der Waals surface area (Å²) in [4.78, 5) is 0. The zero-order chi connectivity index (χ0) is 13.8. The van der Waals surface area contributed by atoms with Crippen LogP contribution < -0.4 is 0 Å². The highest BCUT2D eigenvalue weighted by Crippen LogP contribution is 2.19. The van der Waals surface area contributed by atoms with Crippen molar-refractivity contribution in [2.24, 2.45) is 11.8 Å². The van der Waals surface area contributed by atoms with E-state index in [1.54, 1.807) is 0 Å². The van der Waals surface area contributed by atoms with E-state index in [0.29, 0.717) is 6.61 Å². The first kappa shape index (κ1) is 19.2. The zero-order valence-electron chi connectivity index (χ0n) is 11.9. The molecular formula is C13H30O4. The third kappa shape index (κ3) is 10.7. The molecule has 0 bridgehead atoms. The number of hydrogen-bond acceptors (Lipinski definition) is 4. The Hall–Kier alpha value is -0.160. The van der Waals surface area contributed by atoms with Gasteiger partial charge in [-0.05, 0) is 18.3 Å². The summed E-state index contributed by atoms with van der Waals surface area (Å²) in [6.07, 6.45) is 1.67. The van der Waals surface area contributed by atoms with Crippen molar-refractivity contribution in [2.45, 2.75) is 52.7 Å². The lowest BCUT2D eigenvalue weighted by Crippen LogP contribution is -2.37. The Morgan fingerprint density at radius 1 is 1.29 bits per heavy atom. The molecule has 0 amide bonds. The molecule has 0 aliphatic carbocycles. The van der Waals surface area contributed by atoms with E-state index in [4.69, 9.17) is 14.9 Å². The largest absolute Gasteiger partial charge is 0.400 e. The quantitative estimate of drug-likeness (QED) is 0.693. The van der Waals surface area contributed by atoms with Crippen molar-refractivity contribution in [1.82, 2.24) is 0 Å². The maximum atomic E-state index is 9.18. The van der Waals surface area contributed by atoms with Gasteiger partial charge < -0.3 is 20.1 Å². The lowest BCUT2D eigenvalue weighted by atomic mass is 9.95. The summed E-state index contributed by atoms with van der Waals surface area (Å²) < 4.78 is 5.11. The topological polar surface area (TPSA) is 69.9 Å². The molecule has 106 valence electrons. The fourth-order valence-electron chi connectivity index (χ4n) is 1.17. The summed E-state index contributed by atoms with van der Waals surface area (Å²) in [7, 11) is 1.00. The van der Waals surface area contributed by atoms with Crippen LogP contribution in [0.15, 0.2) is 0 Å². The van der Waals surface area contributed by atoms with Crippen LogP contribution in [0.3, 0.4) is 0 Å². The molecule has 0 aromatic heterocycles. The van der Waals surface area contributed by atoms with Gasteiger partial charge in [-0.2, -0.15) is 0 Å². The molecule has 0 spiro atoms. The molecule has 4 heteroatoms. The molecule has 1 rings (SSSR count). The van der Waals surface area contributed by atoms with Crippen molar-refractivity contribution < 1.29 is 20.1 Å². The Balaban J connectivity index is 0. The molecule has 3 unspecified atom stereocenters. The van der Waals surface area contributed by atoms with Crippen molar-refractivity contribution in [3.8, 4) is 0 Å². The van der Waals surface area contributed by atoms with Gasteiger partial charge in [0.15, 0.2) is 0 Å². The highest BCUT2D eigenvalue weighted by atomic mass is 16.5. The van der Waals surface area contributed by atoms with Crippen LogP contribution in [0.4, 0.5) is 0 Å². The van der Waals surface area contributed by atoms with E-state index < -0.39 is 0 Å². The van der Waals surface area contributed by atoms with Crippen molar-refractivity contribution in [3.63, 3.8) is 0 Å². The van der Waals surface area contributed by atoms with Gasteiger partial charge in [0.1, 0.15) is 0 Å². The molecule has 0 aromatic carbocycles. The molecule has 3 atom stereocenters. The summed E-state index contributed by atoms with van der Waals surface area (Å²) in [5.41, 5.74) is 0. The van der Waals surface area contributed by atoms with Crippen molar-refractivity contribution in [2.75, 3.05) is 20.3 Å². The number of aliphatic hydroxyl groups is 3. The summed E-state index contributed by atoms with van der Waals surface area (Å²) in [5.74, 6) is 1.14.